The molecule has 0 unspecified atom stereocenters. The lowest BCUT2D eigenvalue weighted by molar-refractivity contribution is -0.118. The molecule has 1 amide bonds. The van der Waals surface area contributed by atoms with E-state index in [2.05, 4.69) is 10.3 Å². The fourth-order valence-corrected chi connectivity index (χ4v) is 2.30. The first kappa shape index (κ1) is 15.0. The summed E-state index contributed by atoms with van der Waals surface area (Å²) in [5.41, 5.74) is 2.42. The zero-order valence-corrected chi connectivity index (χ0v) is 12.8. The number of nitrogens with zero attached hydrogens (tertiary/aromatic N) is 2. The van der Waals surface area contributed by atoms with Crippen molar-refractivity contribution in [2.24, 2.45) is 7.05 Å². The van der Waals surface area contributed by atoms with Gasteiger partial charge in [0.1, 0.15) is 5.82 Å². The van der Waals surface area contributed by atoms with Crippen molar-refractivity contribution in [1.29, 1.82) is 0 Å². The van der Waals surface area contributed by atoms with Crippen molar-refractivity contribution in [1.82, 2.24) is 9.55 Å². The second-order valence-electron chi connectivity index (χ2n) is 5.19. The van der Waals surface area contributed by atoms with Gasteiger partial charge in [-0.05, 0) is 37.3 Å². The van der Waals surface area contributed by atoms with Gasteiger partial charge in [0.15, 0.2) is 18.2 Å². The lowest BCUT2D eigenvalue weighted by Gasteiger charge is -2.08. The molecule has 1 aromatic heterocycles. The Hall–Kier alpha value is -2.89. The van der Waals surface area contributed by atoms with Crippen molar-refractivity contribution in [2.75, 3.05) is 11.9 Å². The molecule has 118 valence electrons. The average Bonchev–Trinajstić information content (AvgIpc) is 2.81. The molecule has 2 aromatic carbocycles. The van der Waals surface area contributed by atoms with Gasteiger partial charge in [0.2, 0.25) is 0 Å². The highest BCUT2D eigenvalue weighted by Crippen LogP contribution is 2.19. The number of ether oxygens (including phenoxy) is 1. The van der Waals surface area contributed by atoms with Crippen molar-refractivity contribution in [2.45, 2.75) is 6.92 Å². The summed E-state index contributed by atoms with van der Waals surface area (Å²) in [6, 6.07) is 11.5. The van der Waals surface area contributed by atoms with Gasteiger partial charge < -0.3 is 14.6 Å². The molecule has 1 heterocycles. The number of rotatable bonds is 4. The molecule has 0 aliphatic rings. The van der Waals surface area contributed by atoms with Gasteiger partial charge in [-0.3, -0.25) is 4.79 Å². The maximum Gasteiger partial charge on any atom is 0.262 e. The number of hydrogen-bond donors (Lipinski definition) is 1. The molecule has 0 radical (unpaired) electrons. The van der Waals surface area contributed by atoms with Gasteiger partial charge in [-0.15, -0.1) is 0 Å². The summed E-state index contributed by atoms with van der Waals surface area (Å²) in [5, 5.41) is 2.72. The van der Waals surface area contributed by atoms with Gasteiger partial charge in [-0.1, -0.05) is 12.1 Å². The van der Waals surface area contributed by atoms with Crippen LogP contribution in [0.15, 0.2) is 42.5 Å². The van der Waals surface area contributed by atoms with Crippen LogP contribution in [-0.2, 0) is 11.8 Å². The van der Waals surface area contributed by atoms with E-state index in [4.69, 9.17) is 4.74 Å². The number of amides is 1. The van der Waals surface area contributed by atoms with E-state index in [1.54, 1.807) is 24.3 Å². The summed E-state index contributed by atoms with van der Waals surface area (Å²) in [4.78, 5) is 16.3. The Bertz CT molecular complexity index is 873. The van der Waals surface area contributed by atoms with Crippen LogP contribution in [0.5, 0.6) is 5.75 Å². The molecule has 0 spiro atoms. The fourth-order valence-electron chi connectivity index (χ4n) is 2.30. The number of fused-ring (bicyclic) bond motifs is 1. The number of benzene rings is 2. The Morgan fingerprint density at radius 1 is 1.30 bits per heavy atom. The van der Waals surface area contributed by atoms with Crippen LogP contribution in [0.1, 0.15) is 5.82 Å². The van der Waals surface area contributed by atoms with Crippen molar-refractivity contribution in [3.8, 4) is 5.75 Å². The van der Waals surface area contributed by atoms with Crippen LogP contribution in [0.3, 0.4) is 0 Å². The number of aromatic nitrogens is 2. The van der Waals surface area contributed by atoms with E-state index in [0.29, 0.717) is 5.69 Å². The smallest absolute Gasteiger partial charge is 0.262 e. The predicted octanol–water partition coefficient (Wildman–Crippen LogP) is 3.04. The highest BCUT2D eigenvalue weighted by molar-refractivity contribution is 5.94. The average molecular weight is 313 g/mol. The van der Waals surface area contributed by atoms with Gasteiger partial charge in [0.05, 0.1) is 11.0 Å². The van der Waals surface area contributed by atoms with Crippen molar-refractivity contribution < 1.29 is 13.9 Å². The number of imidazole rings is 1. The number of nitrogens with one attached hydrogen (secondary N) is 1. The minimum atomic E-state index is -0.495. The molecule has 0 bridgehead atoms. The fraction of sp³-hybridized carbons (Fsp3) is 0.176. The van der Waals surface area contributed by atoms with Crippen LogP contribution in [0.2, 0.25) is 0 Å². The topological polar surface area (TPSA) is 56.1 Å². The third-order valence-corrected chi connectivity index (χ3v) is 3.58. The largest absolute Gasteiger partial charge is 0.481 e. The molecule has 0 saturated heterocycles. The quantitative estimate of drug-likeness (QED) is 0.805. The van der Waals surface area contributed by atoms with E-state index in [1.165, 1.54) is 12.1 Å². The van der Waals surface area contributed by atoms with E-state index in [1.807, 2.05) is 24.6 Å². The van der Waals surface area contributed by atoms with Gasteiger partial charge in [-0.2, -0.15) is 0 Å². The zero-order chi connectivity index (χ0) is 16.4. The Labute approximate surface area is 132 Å². The van der Waals surface area contributed by atoms with Crippen molar-refractivity contribution in [3.63, 3.8) is 0 Å². The molecule has 23 heavy (non-hydrogen) atoms. The molecule has 6 heteroatoms. The monoisotopic (exact) mass is 313 g/mol. The summed E-state index contributed by atoms with van der Waals surface area (Å²) in [6.07, 6.45) is 0. The number of hydrogen-bond acceptors (Lipinski definition) is 3. The second kappa shape index (κ2) is 6.08. The summed E-state index contributed by atoms with van der Waals surface area (Å²) < 4.78 is 20.6. The molecule has 0 fully saturated rings. The van der Waals surface area contributed by atoms with Crippen molar-refractivity contribution >= 4 is 22.6 Å². The molecule has 0 aliphatic heterocycles. The van der Waals surface area contributed by atoms with E-state index >= 15 is 0 Å². The lowest BCUT2D eigenvalue weighted by atomic mass is 10.2. The van der Waals surface area contributed by atoms with Crippen molar-refractivity contribution in [3.05, 3.63) is 54.1 Å². The van der Waals surface area contributed by atoms with Gasteiger partial charge in [0, 0.05) is 12.7 Å². The van der Waals surface area contributed by atoms with Gasteiger partial charge >= 0.3 is 0 Å². The Balaban J connectivity index is 1.67. The molecule has 3 aromatic rings. The number of carbonyl (C=O) groups is 1. The molecule has 0 saturated carbocycles. The first-order chi connectivity index (χ1) is 11.0. The molecule has 5 nitrogen and oxygen atoms in total. The molecule has 0 aliphatic carbocycles. The number of para-hydroxylation sites is 1. The van der Waals surface area contributed by atoms with E-state index in [-0.39, 0.29) is 18.3 Å². The second-order valence-corrected chi connectivity index (χ2v) is 5.19. The third kappa shape index (κ3) is 3.15. The lowest BCUT2D eigenvalue weighted by Crippen LogP contribution is -2.20. The Morgan fingerprint density at radius 2 is 2.09 bits per heavy atom. The minimum Gasteiger partial charge on any atom is -0.481 e. The van der Waals surface area contributed by atoms with Crippen LogP contribution in [0.4, 0.5) is 10.1 Å². The summed E-state index contributed by atoms with van der Waals surface area (Å²) in [5.74, 6) is 0.0933. The predicted molar refractivity (Wildman–Crippen MR) is 86.0 cm³/mol. The molecular weight excluding hydrogens is 297 g/mol. The van der Waals surface area contributed by atoms with Crippen LogP contribution < -0.4 is 10.1 Å². The van der Waals surface area contributed by atoms with E-state index < -0.39 is 5.82 Å². The van der Waals surface area contributed by atoms with Gasteiger partial charge in [-0.25, -0.2) is 9.37 Å². The molecule has 1 N–H and O–H groups in total. The zero-order valence-electron chi connectivity index (χ0n) is 12.8. The van der Waals surface area contributed by atoms with E-state index in [0.717, 1.165) is 16.9 Å². The summed E-state index contributed by atoms with van der Waals surface area (Å²) >= 11 is 0. The number of halogens is 1. The summed E-state index contributed by atoms with van der Waals surface area (Å²) in [7, 11) is 1.94. The van der Waals surface area contributed by atoms with E-state index in [9.17, 15) is 9.18 Å². The van der Waals surface area contributed by atoms with Crippen LogP contribution in [0, 0.1) is 12.7 Å². The maximum atomic E-state index is 13.4. The van der Waals surface area contributed by atoms with Crippen LogP contribution >= 0.6 is 0 Å². The van der Waals surface area contributed by atoms with Crippen LogP contribution in [0.25, 0.3) is 11.0 Å². The first-order valence-corrected chi connectivity index (χ1v) is 7.15. The van der Waals surface area contributed by atoms with Crippen LogP contribution in [-0.4, -0.2) is 22.1 Å². The Morgan fingerprint density at radius 3 is 2.87 bits per heavy atom. The number of anilines is 1. The normalized spacial score (nSPS) is 10.7. The highest BCUT2D eigenvalue weighted by atomic mass is 19.1. The maximum absolute atomic E-state index is 13.4. The first-order valence-electron chi connectivity index (χ1n) is 7.15. The van der Waals surface area contributed by atoms with Gasteiger partial charge in [0.25, 0.3) is 5.91 Å². The third-order valence-electron chi connectivity index (χ3n) is 3.58. The minimum absolute atomic E-state index is 0.0541. The summed E-state index contributed by atoms with van der Waals surface area (Å²) in [6.45, 7) is 1.65. The standard InChI is InChI=1S/C17H16FN3O2/c1-11-19-14-9-12(7-8-15(14)21(11)2)20-17(22)10-23-16-6-4-3-5-13(16)18/h3-9H,10H2,1-2H3,(H,20,22). The number of aryl methyl sites for hydroxylation is 2. The Kier molecular flexibility index (Phi) is 3.97. The molecule has 0 atom stereocenters. The molecule has 3 rings (SSSR count). The number of carbonyl (C=O) groups excluding carboxylic acids is 1. The highest BCUT2D eigenvalue weighted by Gasteiger charge is 2.09. The SMILES string of the molecule is Cc1nc2cc(NC(=O)COc3ccccc3F)ccc2n1C. The molecular formula is C17H16FN3O2.